The molecular formula is C27H20F4NNaO6. The van der Waals surface area contributed by atoms with Gasteiger partial charge in [-0.15, -0.1) is 13.2 Å². The van der Waals surface area contributed by atoms with E-state index in [2.05, 4.69) is 4.74 Å². The van der Waals surface area contributed by atoms with Crippen LogP contribution in [0.15, 0.2) is 60.7 Å². The quantitative estimate of drug-likeness (QED) is 0.188. The van der Waals surface area contributed by atoms with Gasteiger partial charge in [0.15, 0.2) is 5.78 Å². The van der Waals surface area contributed by atoms with Gasteiger partial charge >= 0.3 is 35.9 Å². The Balaban J connectivity index is 0.00000420. The van der Waals surface area contributed by atoms with Crippen LogP contribution in [-0.4, -0.2) is 35.9 Å². The molecule has 0 N–H and O–H groups in total. The van der Waals surface area contributed by atoms with Crippen molar-refractivity contribution in [2.75, 3.05) is 7.11 Å². The van der Waals surface area contributed by atoms with Crippen molar-refractivity contribution < 1.29 is 76.0 Å². The molecule has 0 radical (unpaired) electrons. The molecule has 4 aromatic rings. The van der Waals surface area contributed by atoms with Crippen molar-refractivity contribution in [2.24, 2.45) is 0 Å². The molecule has 0 amide bonds. The number of aromatic nitrogens is 1. The Labute approximate surface area is 242 Å². The topological polar surface area (TPSA) is 89.8 Å². The minimum atomic E-state index is -4.97. The zero-order valence-electron chi connectivity index (χ0n) is 21.3. The van der Waals surface area contributed by atoms with Crippen LogP contribution in [0.4, 0.5) is 17.6 Å². The number of hydrogen-bond donors (Lipinski definition) is 0. The summed E-state index contributed by atoms with van der Waals surface area (Å²) in [5, 5.41) is 11.4. The molecule has 7 nitrogen and oxygen atoms in total. The van der Waals surface area contributed by atoms with Crippen molar-refractivity contribution in [1.82, 2.24) is 4.57 Å². The number of nitrogens with zero attached hydrogens (tertiary/aromatic N) is 1. The molecule has 39 heavy (non-hydrogen) atoms. The van der Waals surface area contributed by atoms with Crippen molar-refractivity contribution in [3.05, 3.63) is 83.3 Å². The Morgan fingerprint density at radius 2 is 1.59 bits per heavy atom. The zero-order valence-corrected chi connectivity index (χ0v) is 23.3. The fourth-order valence-corrected chi connectivity index (χ4v) is 4.10. The van der Waals surface area contributed by atoms with E-state index < -0.39 is 35.8 Å². The molecule has 0 saturated heterocycles. The van der Waals surface area contributed by atoms with Gasteiger partial charge in [0.2, 0.25) is 0 Å². The van der Waals surface area contributed by atoms with Crippen LogP contribution >= 0.6 is 0 Å². The number of alkyl halides is 3. The molecule has 0 bridgehead atoms. The minimum absolute atomic E-state index is 0. The van der Waals surface area contributed by atoms with Gasteiger partial charge in [-0.25, -0.2) is 4.39 Å². The first-order valence-corrected chi connectivity index (χ1v) is 11.2. The Morgan fingerprint density at radius 3 is 2.18 bits per heavy atom. The molecule has 1 atom stereocenters. The van der Waals surface area contributed by atoms with Gasteiger partial charge in [-0.05, 0) is 56.3 Å². The van der Waals surface area contributed by atoms with Gasteiger partial charge in [-0.1, -0.05) is 0 Å². The van der Waals surface area contributed by atoms with Gasteiger partial charge in [0.1, 0.15) is 29.2 Å². The Bertz CT molecular complexity index is 1530. The smallest absolute Gasteiger partial charge is 0.546 e. The molecule has 0 saturated carbocycles. The molecule has 1 aromatic heterocycles. The number of carboxylic acid groups (broad SMARTS) is 1. The summed E-state index contributed by atoms with van der Waals surface area (Å²) >= 11 is 0. The SMILES string of the molecule is COc1ccc(C(=O)c2c(C)n(-c3cc(F)cc(O[C@@H](C)C(=O)[O-])c3)c3cc(OC(F)(F)F)ccc23)cc1.[Na+]. The Kier molecular flexibility index (Phi) is 8.99. The average molecular weight is 553 g/mol. The summed E-state index contributed by atoms with van der Waals surface area (Å²) in [6.07, 6.45) is -6.38. The largest absolute Gasteiger partial charge is 1.00 e. The van der Waals surface area contributed by atoms with E-state index in [0.29, 0.717) is 5.75 Å². The third-order valence-electron chi connectivity index (χ3n) is 5.75. The molecule has 0 unspecified atom stereocenters. The molecule has 0 fully saturated rings. The molecule has 0 aliphatic carbocycles. The van der Waals surface area contributed by atoms with Gasteiger partial charge in [-0.2, -0.15) is 0 Å². The van der Waals surface area contributed by atoms with Crippen LogP contribution in [0, 0.1) is 12.7 Å². The normalized spacial score (nSPS) is 12.0. The van der Waals surface area contributed by atoms with Crippen LogP contribution in [0.25, 0.3) is 16.6 Å². The minimum Gasteiger partial charge on any atom is -0.546 e. The molecule has 0 aliphatic rings. The van der Waals surface area contributed by atoms with Gasteiger partial charge in [0, 0.05) is 34.8 Å². The van der Waals surface area contributed by atoms with Crippen molar-refractivity contribution in [3.63, 3.8) is 0 Å². The van der Waals surface area contributed by atoms with Crippen LogP contribution in [0.5, 0.6) is 17.2 Å². The van der Waals surface area contributed by atoms with E-state index in [4.69, 9.17) is 9.47 Å². The summed E-state index contributed by atoms with van der Waals surface area (Å²) < 4.78 is 69.2. The predicted octanol–water partition coefficient (Wildman–Crippen LogP) is 1.74. The standard InChI is InChI=1S/C27H21F4NO6.Na/c1-14-24(25(33)16-4-6-19(36-3)7-5-16)22-9-8-20(38-27(29,30)31)13-23(22)32(14)18-10-17(28)11-21(12-18)37-15(2)26(34)35;/h4-13,15H,1-3H3,(H,34,35);/q;+1/p-1/t15-;/m0./s1. The van der Waals surface area contributed by atoms with Crippen molar-refractivity contribution in [3.8, 4) is 22.9 Å². The second kappa shape index (κ2) is 11.7. The number of benzene rings is 3. The van der Waals surface area contributed by atoms with E-state index in [1.54, 1.807) is 31.2 Å². The molecule has 1 heterocycles. The Hall–Kier alpha value is -3.54. The van der Waals surface area contributed by atoms with Crippen LogP contribution < -0.4 is 48.9 Å². The van der Waals surface area contributed by atoms with Crippen molar-refractivity contribution in [2.45, 2.75) is 26.3 Å². The Morgan fingerprint density at radius 1 is 0.949 bits per heavy atom. The predicted molar refractivity (Wildman–Crippen MR) is 126 cm³/mol. The summed E-state index contributed by atoms with van der Waals surface area (Å²) in [7, 11) is 1.47. The molecule has 198 valence electrons. The third kappa shape index (κ3) is 6.55. The fraction of sp³-hybridized carbons (Fsp3) is 0.185. The summed E-state index contributed by atoms with van der Waals surface area (Å²) in [6.45, 7) is 2.75. The van der Waals surface area contributed by atoms with E-state index in [-0.39, 0.29) is 68.7 Å². The molecular weight excluding hydrogens is 533 g/mol. The number of carboxylic acids is 1. The van der Waals surface area contributed by atoms with Gasteiger partial charge in [0.05, 0.1) is 29.8 Å². The molecule has 4 rings (SSSR count). The monoisotopic (exact) mass is 553 g/mol. The number of rotatable bonds is 8. The first-order valence-electron chi connectivity index (χ1n) is 11.2. The van der Waals surface area contributed by atoms with E-state index in [1.165, 1.54) is 30.7 Å². The number of carbonyl (C=O) groups is 2. The second-order valence-corrected chi connectivity index (χ2v) is 8.30. The summed E-state index contributed by atoms with van der Waals surface area (Å²) in [5.41, 5.74) is 0.930. The summed E-state index contributed by atoms with van der Waals surface area (Å²) in [4.78, 5) is 24.6. The number of aliphatic carboxylic acids is 1. The third-order valence-corrected chi connectivity index (χ3v) is 5.75. The van der Waals surface area contributed by atoms with E-state index in [0.717, 1.165) is 24.3 Å². The number of ether oxygens (including phenoxy) is 3. The first-order chi connectivity index (χ1) is 17.9. The van der Waals surface area contributed by atoms with E-state index >= 15 is 0 Å². The van der Waals surface area contributed by atoms with Crippen LogP contribution in [0.3, 0.4) is 0 Å². The number of carbonyl (C=O) groups excluding carboxylic acids is 2. The second-order valence-electron chi connectivity index (χ2n) is 8.30. The molecule has 3 aromatic carbocycles. The van der Waals surface area contributed by atoms with Crippen molar-refractivity contribution >= 4 is 22.7 Å². The maximum absolute atomic E-state index is 14.6. The van der Waals surface area contributed by atoms with Crippen LogP contribution in [-0.2, 0) is 4.79 Å². The number of methoxy groups -OCH3 is 1. The van der Waals surface area contributed by atoms with E-state index in [1.807, 2.05) is 0 Å². The number of fused-ring (bicyclic) bond motifs is 1. The summed E-state index contributed by atoms with van der Waals surface area (Å²) in [6, 6.07) is 13.0. The van der Waals surface area contributed by atoms with Crippen LogP contribution in [0.2, 0.25) is 0 Å². The number of ketones is 1. The fourth-order valence-electron chi connectivity index (χ4n) is 4.10. The van der Waals surface area contributed by atoms with Gasteiger partial charge in [-0.3, -0.25) is 4.79 Å². The van der Waals surface area contributed by atoms with Crippen LogP contribution in [0.1, 0.15) is 28.5 Å². The first kappa shape index (κ1) is 30.0. The molecule has 0 aliphatic heterocycles. The molecule has 0 spiro atoms. The van der Waals surface area contributed by atoms with Gasteiger partial charge < -0.3 is 28.7 Å². The molecule has 12 heteroatoms. The number of halogens is 4. The summed E-state index contributed by atoms with van der Waals surface area (Å²) in [5.74, 6) is -2.96. The zero-order chi connectivity index (χ0) is 27.8. The average Bonchev–Trinajstić information content (AvgIpc) is 3.13. The van der Waals surface area contributed by atoms with Gasteiger partial charge in [0.25, 0.3) is 0 Å². The maximum Gasteiger partial charge on any atom is 1.00 e. The van der Waals surface area contributed by atoms with Crippen molar-refractivity contribution in [1.29, 1.82) is 0 Å². The maximum atomic E-state index is 14.6. The van der Waals surface area contributed by atoms with E-state index in [9.17, 15) is 32.3 Å². The number of hydrogen-bond acceptors (Lipinski definition) is 6.